The molecule has 0 radical (unpaired) electrons. The van der Waals surface area contributed by atoms with E-state index in [9.17, 15) is 4.79 Å². The molecule has 0 aromatic carbocycles. The van der Waals surface area contributed by atoms with E-state index in [1.54, 1.807) is 21.8 Å². The average Bonchev–Trinajstić information content (AvgIpc) is 3.18. The number of carbonyl (C=O) groups is 1. The van der Waals surface area contributed by atoms with E-state index in [0.29, 0.717) is 22.5 Å². The third-order valence-electron chi connectivity index (χ3n) is 11.0. The van der Waals surface area contributed by atoms with Crippen LogP contribution in [0.15, 0.2) is 11.6 Å². The predicted molar refractivity (Wildman–Crippen MR) is 151 cm³/mol. The van der Waals surface area contributed by atoms with Crippen molar-refractivity contribution >= 4 is 27.5 Å². The Hall–Kier alpha value is -0.130. The van der Waals surface area contributed by atoms with Gasteiger partial charge in [-0.15, -0.1) is 0 Å². The van der Waals surface area contributed by atoms with Gasteiger partial charge >= 0.3 is 0 Å². The minimum absolute atomic E-state index is 0.279. The highest BCUT2D eigenvalue weighted by atomic mass is 33.1. The number of allylic oxidation sites excluding steroid dienone is 2. The summed E-state index contributed by atoms with van der Waals surface area (Å²) in [6.07, 6.45) is 18.4. The maximum Gasteiger partial charge on any atom is 0.244 e. The van der Waals surface area contributed by atoms with Crippen molar-refractivity contribution in [3.05, 3.63) is 11.6 Å². The van der Waals surface area contributed by atoms with Crippen molar-refractivity contribution in [2.24, 2.45) is 46.3 Å². The first kappa shape index (κ1) is 27.9. The van der Waals surface area contributed by atoms with Crippen LogP contribution in [0.3, 0.4) is 0 Å². The number of fused-ring (bicyclic) bond motifs is 5. The van der Waals surface area contributed by atoms with Crippen molar-refractivity contribution in [1.29, 1.82) is 0 Å². The summed E-state index contributed by atoms with van der Waals surface area (Å²) in [5.41, 5.74) is 4.50. The van der Waals surface area contributed by atoms with E-state index in [0.717, 1.165) is 41.3 Å². The molecule has 0 bridgehead atoms. The maximum atomic E-state index is 11.3. The smallest absolute Gasteiger partial charge is 0.244 e. The molecule has 4 rings (SSSR count). The molecular formula is C30H51NO2S2. The molecular weight excluding hydrogens is 470 g/mol. The first-order valence-electron chi connectivity index (χ1n) is 14.6. The van der Waals surface area contributed by atoms with Crippen molar-refractivity contribution in [2.75, 3.05) is 5.75 Å². The third-order valence-corrected chi connectivity index (χ3v) is 13.9. The highest BCUT2D eigenvalue weighted by Gasteiger charge is 2.59. The SMILES string of the molecule is CC(C)CCC[C@@H](C)[C@H]1CCC2C3CC=C4C[C@@H](SSCCC(=O)NO)CC[C@]4(C)C3CC[C@@]21C. The van der Waals surface area contributed by atoms with E-state index < -0.39 is 0 Å². The molecule has 3 saturated carbocycles. The van der Waals surface area contributed by atoms with E-state index in [4.69, 9.17) is 5.21 Å². The van der Waals surface area contributed by atoms with E-state index in [1.165, 1.54) is 70.6 Å². The van der Waals surface area contributed by atoms with Gasteiger partial charge in [-0.2, -0.15) is 0 Å². The van der Waals surface area contributed by atoms with E-state index in [1.807, 2.05) is 10.8 Å². The second kappa shape index (κ2) is 11.7. The van der Waals surface area contributed by atoms with Gasteiger partial charge in [0.25, 0.3) is 0 Å². The highest BCUT2D eigenvalue weighted by Crippen LogP contribution is 2.67. The van der Waals surface area contributed by atoms with Crippen molar-refractivity contribution in [3.63, 3.8) is 0 Å². The lowest BCUT2D eigenvalue weighted by molar-refractivity contribution is -0.128. The molecule has 0 saturated heterocycles. The molecule has 3 unspecified atom stereocenters. The minimum atomic E-state index is -0.279. The molecule has 3 nitrogen and oxygen atoms in total. The Kier molecular flexibility index (Phi) is 9.34. The summed E-state index contributed by atoms with van der Waals surface area (Å²) in [5, 5.41) is 9.35. The first-order valence-corrected chi connectivity index (χ1v) is 17.0. The van der Waals surface area contributed by atoms with Crippen LogP contribution in [-0.4, -0.2) is 22.1 Å². The molecule has 0 heterocycles. The summed E-state index contributed by atoms with van der Waals surface area (Å²) < 4.78 is 0. The van der Waals surface area contributed by atoms with Gasteiger partial charge in [0.2, 0.25) is 5.91 Å². The Morgan fingerprint density at radius 2 is 1.91 bits per heavy atom. The predicted octanol–water partition coefficient (Wildman–Crippen LogP) is 8.67. The van der Waals surface area contributed by atoms with Crippen LogP contribution < -0.4 is 5.48 Å². The van der Waals surface area contributed by atoms with Crippen molar-refractivity contribution in [1.82, 2.24) is 5.48 Å². The summed E-state index contributed by atoms with van der Waals surface area (Å²) in [7, 11) is 3.78. The van der Waals surface area contributed by atoms with Gasteiger partial charge < -0.3 is 0 Å². The zero-order chi connectivity index (χ0) is 25.2. The van der Waals surface area contributed by atoms with Crippen LogP contribution in [0.2, 0.25) is 0 Å². The third kappa shape index (κ3) is 5.82. The summed E-state index contributed by atoms with van der Waals surface area (Å²) in [5.74, 6) is 5.90. The zero-order valence-electron chi connectivity index (χ0n) is 23.0. The quantitative estimate of drug-likeness (QED) is 0.0992. The van der Waals surface area contributed by atoms with Gasteiger partial charge in [0, 0.05) is 17.4 Å². The van der Waals surface area contributed by atoms with Gasteiger partial charge in [0.15, 0.2) is 0 Å². The van der Waals surface area contributed by atoms with Crippen molar-refractivity contribution in [2.45, 2.75) is 117 Å². The van der Waals surface area contributed by atoms with Gasteiger partial charge in [-0.3, -0.25) is 10.0 Å². The van der Waals surface area contributed by atoms with Crippen LogP contribution >= 0.6 is 21.6 Å². The summed E-state index contributed by atoms with van der Waals surface area (Å²) in [4.78, 5) is 11.3. The molecule has 2 N–H and O–H groups in total. The Balaban J connectivity index is 1.36. The summed E-state index contributed by atoms with van der Waals surface area (Å²) in [6, 6.07) is 0. The molecule has 5 heteroatoms. The fourth-order valence-electron chi connectivity index (χ4n) is 9.07. The lowest BCUT2D eigenvalue weighted by Gasteiger charge is -2.58. The van der Waals surface area contributed by atoms with Gasteiger partial charge in [-0.25, -0.2) is 5.48 Å². The Morgan fingerprint density at radius 3 is 2.66 bits per heavy atom. The van der Waals surface area contributed by atoms with Gasteiger partial charge in [-0.05, 0) is 97.7 Å². The van der Waals surface area contributed by atoms with Crippen molar-refractivity contribution in [3.8, 4) is 0 Å². The topological polar surface area (TPSA) is 49.3 Å². The zero-order valence-corrected chi connectivity index (χ0v) is 24.6. The second-order valence-electron chi connectivity index (χ2n) is 13.4. The van der Waals surface area contributed by atoms with Crippen LogP contribution in [0.5, 0.6) is 0 Å². The summed E-state index contributed by atoms with van der Waals surface area (Å²) in [6.45, 7) is 12.6. The average molecular weight is 522 g/mol. The second-order valence-corrected chi connectivity index (χ2v) is 16.1. The monoisotopic (exact) mass is 521 g/mol. The van der Waals surface area contributed by atoms with Gasteiger partial charge in [0.05, 0.1) is 0 Å². The highest BCUT2D eigenvalue weighted by molar-refractivity contribution is 8.76. The standard InChI is InChI=1S/C30H51NO2S2/c1-20(2)7-6-8-21(3)25-11-12-26-24-10-9-22-19-23(35-34-18-15-28(32)31-33)13-16-29(22,4)27(24)14-17-30(25,26)5/h9,20-21,23-27,33H,6-8,10-19H2,1-5H3,(H,31,32)/t21-,23+,24?,25-,26?,27?,29+,30-/m1/s1. The van der Waals surface area contributed by atoms with E-state index in [-0.39, 0.29) is 5.91 Å². The fraction of sp³-hybridized carbons (Fsp3) is 0.900. The number of amides is 1. The lowest BCUT2D eigenvalue weighted by atomic mass is 9.47. The van der Waals surface area contributed by atoms with Gasteiger partial charge in [0.1, 0.15) is 0 Å². The normalized spacial score (nSPS) is 39.4. The van der Waals surface area contributed by atoms with Crippen LogP contribution in [0.1, 0.15) is 112 Å². The molecule has 0 aliphatic heterocycles. The molecule has 4 aliphatic rings. The molecule has 0 aromatic heterocycles. The molecule has 0 aromatic rings. The van der Waals surface area contributed by atoms with Crippen LogP contribution in [0.25, 0.3) is 0 Å². The van der Waals surface area contributed by atoms with Gasteiger partial charge in [-0.1, -0.05) is 87.1 Å². The number of carbonyl (C=O) groups excluding carboxylic acids is 1. The largest absolute Gasteiger partial charge is 0.289 e. The molecule has 3 fully saturated rings. The molecule has 4 aliphatic carbocycles. The summed E-state index contributed by atoms with van der Waals surface area (Å²) >= 11 is 0. The molecule has 35 heavy (non-hydrogen) atoms. The van der Waals surface area contributed by atoms with Crippen LogP contribution in [0, 0.1) is 46.3 Å². The molecule has 200 valence electrons. The molecule has 0 spiro atoms. The lowest BCUT2D eigenvalue weighted by Crippen LogP contribution is -2.50. The Bertz CT molecular complexity index is 769. The van der Waals surface area contributed by atoms with Crippen LogP contribution in [-0.2, 0) is 4.79 Å². The number of hydroxylamine groups is 1. The fourth-order valence-corrected chi connectivity index (χ4v) is 11.7. The number of nitrogens with one attached hydrogen (secondary N) is 1. The molecule has 8 atom stereocenters. The van der Waals surface area contributed by atoms with E-state index in [2.05, 4.69) is 40.7 Å². The number of hydrogen-bond acceptors (Lipinski definition) is 4. The number of hydrogen-bond donors (Lipinski definition) is 2. The van der Waals surface area contributed by atoms with Crippen LogP contribution in [0.4, 0.5) is 0 Å². The minimum Gasteiger partial charge on any atom is -0.289 e. The van der Waals surface area contributed by atoms with E-state index >= 15 is 0 Å². The van der Waals surface area contributed by atoms with Crippen molar-refractivity contribution < 1.29 is 10.0 Å². The maximum absolute atomic E-state index is 11.3. The Labute approximate surface area is 223 Å². The Morgan fingerprint density at radius 1 is 1.11 bits per heavy atom. The first-order chi connectivity index (χ1) is 16.7. The number of rotatable bonds is 10. The molecule has 1 amide bonds.